The van der Waals surface area contributed by atoms with Crippen molar-refractivity contribution in [2.45, 2.75) is 77.2 Å². The van der Waals surface area contributed by atoms with E-state index in [4.69, 9.17) is 9.47 Å². The molecule has 0 N–H and O–H groups in total. The maximum atomic E-state index is 12.1. The highest BCUT2D eigenvalue weighted by molar-refractivity contribution is 5.69. The Morgan fingerprint density at radius 1 is 1.13 bits per heavy atom. The molecule has 2 unspecified atom stereocenters. The van der Waals surface area contributed by atoms with Gasteiger partial charge in [0.15, 0.2) is 0 Å². The third kappa shape index (κ3) is 5.26. The van der Waals surface area contributed by atoms with Crippen molar-refractivity contribution in [2.75, 3.05) is 6.61 Å². The summed E-state index contributed by atoms with van der Waals surface area (Å²) in [5, 5.41) is 0. The molecule has 0 radical (unpaired) electrons. The van der Waals surface area contributed by atoms with Crippen LogP contribution in [0.5, 0.6) is 5.75 Å². The van der Waals surface area contributed by atoms with Crippen molar-refractivity contribution in [2.24, 2.45) is 0 Å². The Morgan fingerprint density at radius 3 is 2.70 bits per heavy atom. The SMILES string of the molecule is CCCCCC(=O)OC1CCCCC1c1ccccc1OCC. The second kappa shape index (κ2) is 9.59. The molecular weight excluding hydrogens is 288 g/mol. The van der Waals surface area contributed by atoms with Crippen molar-refractivity contribution >= 4 is 5.97 Å². The molecule has 1 saturated carbocycles. The van der Waals surface area contributed by atoms with Gasteiger partial charge in [0.1, 0.15) is 11.9 Å². The van der Waals surface area contributed by atoms with Gasteiger partial charge in [-0.25, -0.2) is 0 Å². The number of unbranched alkanes of at least 4 members (excludes halogenated alkanes) is 2. The lowest BCUT2D eigenvalue weighted by Gasteiger charge is -2.32. The Hall–Kier alpha value is -1.51. The molecule has 1 fully saturated rings. The van der Waals surface area contributed by atoms with E-state index in [-0.39, 0.29) is 18.0 Å². The number of para-hydroxylation sites is 1. The third-order valence-electron chi connectivity index (χ3n) is 4.59. The largest absolute Gasteiger partial charge is 0.494 e. The van der Waals surface area contributed by atoms with Gasteiger partial charge in [0, 0.05) is 17.9 Å². The molecule has 3 heteroatoms. The van der Waals surface area contributed by atoms with Crippen molar-refractivity contribution in [1.82, 2.24) is 0 Å². The summed E-state index contributed by atoms with van der Waals surface area (Å²) in [4.78, 5) is 12.1. The van der Waals surface area contributed by atoms with Crippen LogP contribution < -0.4 is 4.74 Å². The Morgan fingerprint density at radius 2 is 1.91 bits per heavy atom. The maximum absolute atomic E-state index is 12.1. The first-order valence-electron chi connectivity index (χ1n) is 9.17. The number of benzene rings is 1. The molecule has 1 aromatic rings. The summed E-state index contributed by atoms with van der Waals surface area (Å²) in [7, 11) is 0. The molecule has 0 amide bonds. The van der Waals surface area contributed by atoms with Gasteiger partial charge in [-0.1, -0.05) is 44.4 Å². The summed E-state index contributed by atoms with van der Waals surface area (Å²) in [5.41, 5.74) is 1.19. The predicted molar refractivity (Wildman–Crippen MR) is 92.8 cm³/mol. The summed E-state index contributed by atoms with van der Waals surface area (Å²) in [6.07, 6.45) is 8.06. The minimum absolute atomic E-state index is 0.000479. The molecule has 0 heterocycles. The molecule has 0 aliphatic heterocycles. The Labute approximate surface area is 140 Å². The van der Waals surface area contributed by atoms with Gasteiger partial charge in [0.2, 0.25) is 0 Å². The molecule has 1 aliphatic rings. The van der Waals surface area contributed by atoms with Crippen LogP contribution in [0.2, 0.25) is 0 Å². The number of esters is 1. The minimum Gasteiger partial charge on any atom is -0.494 e. The summed E-state index contributed by atoms with van der Waals surface area (Å²) < 4.78 is 11.6. The Bertz CT molecular complexity index is 484. The topological polar surface area (TPSA) is 35.5 Å². The van der Waals surface area contributed by atoms with E-state index >= 15 is 0 Å². The van der Waals surface area contributed by atoms with Gasteiger partial charge in [-0.2, -0.15) is 0 Å². The Balaban J connectivity index is 2.05. The molecule has 2 rings (SSSR count). The van der Waals surface area contributed by atoms with Crippen LogP contribution in [0.25, 0.3) is 0 Å². The van der Waals surface area contributed by atoms with Gasteiger partial charge >= 0.3 is 5.97 Å². The van der Waals surface area contributed by atoms with E-state index < -0.39 is 0 Å². The average Bonchev–Trinajstić information content (AvgIpc) is 2.57. The van der Waals surface area contributed by atoms with E-state index in [0.29, 0.717) is 13.0 Å². The van der Waals surface area contributed by atoms with Gasteiger partial charge in [-0.3, -0.25) is 4.79 Å². The number of carbonyl (C=O) groups is 1. The first-order valence-corrected chi connectivity index (χ1v) is 9.17. The van der Waals surface area contributed by atoms with Crippen molar-refractivity contribution in [3.8, 4) is 5.75 Å². The van der Waals surface area contributed by atoms with Crippen LogP contribution in [-0.2, 0) is 9.53 Å². The van der Waals surface area contributed by atoms with Crippen LogP contribution in [-0.4, -0.2) is 18.7 Å². The van der Waals surface area contributed by atoms with Crippen molar-refractivity contribution in [3.05, 3.63) is 29.8 Å². The van der Waals surface area contributed by atoms with Crippen LogP contribution in [0.3, 0.4) is 0 Å². The van der Waals surface area contributed by atoms with E-state index in [1.165, 1.54) is 12.0 Å². The van der Waals surface area contributed by atoms with Gasteiger partial charge in [-0.05, 0) is 38.7 Å². The molecule has 23 heavy (non-hydrogen) atoms. The van der Waals surface area contributed by atoms with Crippen LogP contribution in [0, 0.1) is 0 Å². The van der Waals surface area contributed by atoms with Gasteiger partial charge in [0.25, 0.3) is 0 Å². The predicted octanol–water partition coefficient (Wildman–Crippen LogP) is 5.24. The molecule has 128 valence electrons. The zero-order valence-corrected chi connectivity index (χ0v) is 14.6. The van der Waals surface area contributed by atoms with Crippen LogP contribution >= 0.6 is 0 Å². The molecule has 1 aromatic carbocycles. The summed E-state index contributed by atoms with van der Waals surface area (Å²) in [5.74, 6) is 1.17. The number of rotatable bonds is 8. The fourth-order valence-electron chi connectivity index (χ4n) is 3.41. The fourth-order valence-corrected chi connectivity index (χ4v) is 3.41. The first kappa shape index (κ1) is 17.8. The highest BCUT2D eigenvalue weighted by Crippen LogP contribution is 2.39. The van der Waals surface area contributed by atoms with E-state index in [9.17, 15) is 4.79 Å². The lowest BCUT2D eigenvalue weighted by molar-refractivity contribution is -0.151. The summed E-state index contributed by atoms with van der Waals surface area (Å²) in [6, 6.07) is 8.20. The van der Waals surface area contributed by atoms with E-state index in [0.717, 1.165) is 44.3 Å². The fraction of sp³-hybridized carbons (Fsp3) is 0.650. The quantitative estimate of drug-likeness (QED) is 0.486. The number of hydrogen-bond donors (Lipinski definition) is 0. The molecule has 0 bridgehead atoms. The van der Waals surface area contributed by atoms with Crippen molar-refractivity contribution in [3.63, 3.8) is 0 Å². The van der Waals surface area contributed by atoms with Crippen LogP contribution in [0.1, 0.15) is 76.7 Å². The molecular formula is C20H30O3. The van der Waals surface area contributed by atoms with Gasteiger partial charge < -0.3 is 9.47 Å². The van der Waals surface area contributed by atoms with Crippen molar-refractivity contribution in [1.29, 1.82) is 0 Å². The number of hydrogen-bond acceptors (Lipinski definition) is 3. The minimum atomic E-state index is -0.0377. The zero-order chi connectivity index (χ0) is 16.5. The average molecular weight is 318 g/mol. The van der Waals surface area contributed by atoms with Crippen LogP contribution in [0.4, 0.5) is 0 Å². The second-order valence-corrected chi connectivity index (χ2v) is 6.35. The van der Waals surface area contributed by atoms with Gasteiger partial charge in [-0.15, -0.1) is 0 Å². The lowest BCUT2D eigenvalue weighted by atomic mass is 9.81. The van der Waals surface area contributed by atoms with Crippen LogP contribution in [0.15, 0.2) is 24.3 Å². The number of carbonyl (C=O) groups excluding carboxylic acids is 1. The van der Waals surface area contributed by atoms with E-state index in [2.05, 4.69) is 13.0 Å². The third-order valence-corrected chi connectivity index (χ3v) is 4.59. The highest BCUT2D eigenvalue weighted by atomic mass is 16.5. The van der Waals surface area contributed by atoms with Crippen molar-refractivity contribution < 1.29 is 14.3 Å². The zero-order valence-electron chi connectivity index (χ0n) is 14.6. The van der Waals surface area contributed by atoms with E-state index in [1.54, 1.807) is 0 Å². The summed E-state index contributed by atoms with van der Waals surface area (Å²) in [6.45, 7) is 4.81. The molecule has 3 nitrogen and oxygen atoms in total. The molecule has 0 saturated heterocycles. The first-order chi connectivity index (χ1) is 11.3. The smallest absolute Gasteiger partial charge is 0.306 e. The number of ether oxygens (including phenoxy) is 2. The highest BCUT2D eigenvalue weighted by Gasteiger charge is 2.31. The second-order valence-electron chi connectivity index (χ2n) is 6.35. The normalized spacial score (nSPS) is 21.0. The maximum Gasteiger partial charge on any atom is 0.306 e. The van der Waals surface area contributed by atoms with Gasteiger partial charge in [0.05, 0.1) is 6.61 Å². The molecule has 0 spiro atoms. The lowest BCUT2D eigenvalue weighted by Crippen LogP contribution is -2.29. The molecule has 1 aliphatic carbocycles. The monoisotopic (exact) mass is 318 g/mol. The molecule has 0 aromatic heterocycles. The van der Waals surface area contributed by atoms with E-state index in [1.807, 2.05) is 25.1 Å². The standard InChI is InChI=1S/C20H30O3/c1-3-5-6-15-20(21)23-19-14-10-8-12-17(19)16-11-7-9-13-18(16)22-4-2/h7,9,11,13,17,19H,3-6,8,10,12,14-15H2,1-2H3. The summed E-state index contributed by atoms with van der Waals surface area (Å²) >= 11 is 0. The molecule has 2 atom stereocenters. The Kier molecular flexibility index (Phi) is 7.44.